The van der Waals surface area contributed by atoms with Gasteiger partial charge >= 0.3 is 0 Å². The van der Waals surface area contributed by atoms with E-state index in [-0.39, 0.29) is 0 Å². The Morgan fingerprint density at radius 1 is 1.08 bits per heavy atom. The monoisotopic (exact) mass is 362 g/mol. The van der Waals surface area contributed by atoms with Crippen LogP contribution in [0.4, 0.5) is 5.82 Å². The van der Waals surface area contributed by atoms with E-state index in [4.69, 9.17) is 4.74 Å². The number of nitrogens with zero attached hydrogens (tertiary/aromatic N) is 3. The van der Waals surface area contributed by atoms with Gasteiger partial charge in [0.2, 0.25) is 5.88 Å². The van der Waals surface area contributed by atoms with Gasteiger partial charge in [-0.2, -0.15) is 0 Å². The Labute approximate surface area is 155 Å². The first-order valence-corrected chi connectivity index (χ1v) is 9.15. The molecule has 130 valence electrons. The maximum atomic E-state index is 5.33. The lowest BCUT2D eigenvalue weighted by molar-refractivity contribution is 0.393. The molecule has 3 aromatic heterocycles. The predicted molar refractivity (Wildman–Crippen MR) is 106 cm³/mol. The van der Waals surface area contributed by atoms with Gasteiger partial charge in [0.15, 0.2) is 0 Å². The van der Waals surface area contributed by atoms with Gasteiger partial charge in [0.25, 0.3) is 0 Å². The zero-order valence-electron chi connectivity index (χ0n) is 14.6. The summed E-state index contributed by atoms with van der Waals surface area (Å²) in [5, 5.41) is 6.61. The van der Waals surface area contributed by atoms with Crippen molar-refractivity contribution in [3.05, 3.63) is 65.4 Å². The maximum absolute atomic E-state index is 5.33. The first-order valence-electron chi connectivity index (χ1n) is 8.27. The van der Waals surface area contributed by atoms with Crippen molar-refractivity contribution in [3.8, 4) is 17.0 Å². The van der Waals surface area contributed by atoms with Crippen molar-refractivity contribution in [1.82, 2.24) is 15.0 Å². The Balaban J connectivity index is 1.71. The molecule has 0 bridgehead atoms. The van der Waals surface area contributed by atoms with Crippen molar-refractivity contribution in [2.45, 2.75) is 13.5 Å². The van der Waals surface area contributed by atoms with Gasteiger partial charge in [-0.3, -0.25) is 0 Å². The van der Waals surface area contributed by atoms with Crippen molar-refractivity contribution in [3.63, 3.8) is 0 Å². The lowest BCUT2D eigenvalue weighted by Crippen LogP contribution is -2.04. The van der Waals surface area contributed by atoms with Crippen molar-refractivity contribution in [2.24, 2.45) is 0 Å². The molecule has 1 N–H and O–H groups in total. The molecule has 3 heterocycles. The van der Waals surface area contributed by atoms with E-state index in [9.17, 15) is 0 Å². The first kappa shape index (κ1) is 16.5. The molecule has 1 aromatic carbocycles. The van der Waals surface area contributed by atoms with Gasteiger partial charge in [-0.1, -0.05) is 35.9 Å². The highest BCUT2D eigenvalue weighted by molar-refractivity contribution is 7.17. The summed E-state index contributed by atoms with van der Waals surface area (Å²) in [6, 6.07) is 12.4. The molecule has 0 saturated carbocycles. The van der Waals surface area contributed by atoms with E-state index in [2.05, 4.69) is 56.8 Å². The summed E-state index contributed by atoms with van der Waals surface area (Å²) in [6.45, 7) is 2.67. The number of ether oxygens (including phenoxy) is 1. The van der Waals surface area contributed by atoms with Crippen LogP contribution in [0.25, 0.3) is 21.3 Å². The van der Waals surface area contributed by atoms with Gasteiger partial charge < -0.3 is 10.1 Å². The summed E-state index contributed by atoms with van der Waals surface area (Å²) in [4.78, 5) is 14.1. The number of aromatic nitrogens is 3. The average molecular weight is 362 g/mol. The number of rotatable bonds is 5. The van der Waals surface area contributed by atoms with Crippen molar-refractivity contribution in [1.29, 1.82) is 0 Å². The summed E-state index contributed by atoms with van der Waals surface area (Å²) in [5.74, 6) is 1.44. The molecule has 4 aromatic rings. The minimum Gasteiger partial charge on any atom is -0.481 e. The molecule has 0 aliphatic carbocycles. The molecule has 0 aliphatic rings. The Kier molecular flexibility index (Phi) is 4.50. The fourth-order valence-electron chi connectivity index (χ4n) is 2.88. The Bertz CT molecular complexity index is 1040. The second-order valence-corrected chi connectivity index (χ2v) is 6.80. The Hall–Kier alpha value is -2.99. The molecule has 26 heavy (non-hydrogen) atoms. The van der Waals surface area contributed by atoms with E-state index in [0.717, 1.165) is 27.2 Å². The molecular formula is C20H18N4OS. The number of anilines is 1. The van der Waals surface area contributed by atoms with Crippen LogP contribution in [0.15, 0.2) is 54.3 Å². The predicted octanol–water partition coefficient (Wildman–Crippen LogP) is 4.68. The van der Waals surface area contributed by atoms with Crippen LogP contribution >= 0.6 is 11.3 Å². The number of methoxy groups -OCH3 is 1. The molecular weight excluding hydrogens is 344 g/mol. The number of nitrogens with one attached hydrogen (secondary N) is 1. The van der Waals surface area contributed by atoms with E-state index in [0.29, 0.717) is 12.4 Å². The third-order valence-corrected chi connectivity index (χ3v) is 5.11. The number of pyridine rings is 1. The highest BCUT2D eigenvalue weighted by Gasteiger charge is 2.13. The average Bonchev–Trinajstić information content (AvgIpc) is 3.12. The standard InChI is InChI=1S/C20H18N4OS/c1-13-5-7-14(8-6-13)16-11-26-20-17(16)18(23-12-24-20)22-10-15-4-3-9-21-19(15)25-2/h3-9,11-12H,10H2,1-2H3,(H,22,23,24). The van der Waals surface area contributed by atoms with E-state index in [1.165, 1.54) is 11.1 Å². The van der Waals surface area contributed by atoms with Gasteiger partial charge in [-0.15, -0.1) is 11.3 Å². The summed E-state index contributed by atoms with van der Waals surface area (Å²) >= 11 is 1.63. The smallest absolute Gasteiger partial charge is 0.218 e. The number of aryl methyl sites for hydroxylation is 1. The fourth-order valence-corrected chi connectivity index (χ4v) is 3.79. The van der Waals surface area contributed by atoms with Crippen LogP contribution < -0.4 is 10.1 Å². The van der Waals surface area contributed by atoms with Crippen LogP contribution in [0, 0.1) is 6.92 Å². The topological polar surface area (TPSA) is 59.9 Å². The molecule has 0 amide bonds. The van der Waals surface area contributed by atoms with Crippen LogP contribution in [0.5, 0.6) is 5.88 Å². The van der Waals surface area contributed by atoms with Gasteiger partial charge in [0.05, 0.1) is 12.5 Å². The zero-order valence-corrected chi connectivity index (χ0v) is 15.4. The summed E-state index contributed by atoms with van der Waals surface area (Å²) in [5.41, 5.74) is 4.53. The van der Waals surface area contributed by atoms with Crippen LogP contribution in [-0.4, -0.2) is 22.1 Å². The van der Waals surface area contributed by atoms with Gasteiger partial charge in [-0.05, 0) is 18.6 Å². The fraction of sp³-hybridized carbons (Fsp3) is 0.150. The molecule has 0 atom stereocenters. The molecule has 6 heteroatoms. The highest BCUT2D eigenvalue weighted by Crippen LogP contribution is 2.36. The number of hydrogen-bond acceptors (Lipinski definition) is 6. The third kappa shape index (κ3) is 3.11. The van der Waals surface area contributed by atoms with Crippen molar-refractivity contribution < 1.29 is 4.74 Å². The number of fused-ring (bicyclic) bond motifs is 1. The van der Waals surface area contributed by atoms with E-state index in [1.807, 2.05) is 12.1 Å². The quantitative estimate of drug-likeness (QED) is 0.558. The largest absolute Gasteiger partial charge is 0.481 e. The molecule has 0 spiro atoms. The number of thiophene rings is 1. The van der Waals surface area contributed by atoms with Crippen LogP contribution in [0.2, 0.25) is 0 Å². The summed E-state index contributed by atoms with van der Waals surface area (Å²) in [7, 11) is 1.63. The molecule has 0 unspecified atom stereocenters. The summed E-state index contributed by atoms with van der Waals surface area (Å²) in [6.07, 6.45) is 3.32. The Morgan fingerprint density at radius 2 is 1.92 bits per heavy atom. The van der Waals surface area contributed by atoms with Crippen LogP contribution in [0.1, 0.15) is 11.1 Å². The lowest BCUT2D eigenvalue weighted by Gasteiger charge is -2.10. The van der Waals surface area contributed by atoms with E-state index in [1.54, 1.807) is 31.0 Å². The highest BCUT2D eigenvalue weighted by atomic mass is 32.1. The number of benzene rings is 1. The van der Waals surface area contributed by atoms with E-state index >= 15 is 0 Å². The molecule has 0 fully saturated rings. The van der Waals surface area contributed by atoms with Crippen molar-refractivity contribution >= 4 is 27.4 Å². The van der Waals surface area contributed by atoms with Crippen LogP contribution in [-0.2, 0) is 6.54 Å². The molecule has 0 radical (unpaired) electrons. The SMILES string of the molecule is COc1ncccc1CNc1ncnc2scc(-c3ccc(C)cc3)c12. The number of hydrogen-bond donors (Lipinski definition) is 1. The zero-order chi connectivity index (χ0) is 17.9. The summed E-state index contributed by atoms with van der Waals surface area (Å²) < 4.78 is 5.33. The lowest BCUT2D eigenvalue weighted by atomic mass is 10.0. The van der Waals surface area contributed by atoms with E-state index < -0.39 is 0 Å². The second-order valence-electron chi connectivity index (χ2n) is 5.94. The third-order valence-electron chi connectivity index (χ3n) is 4.22. The second kappa shape index (κ2) is 7.09. The van der Waals surface area contributed by atoms with Crippen molar-refractivity contribution in [2.75, 3.05) is 12.4 Å². The molecule has 0 aliphatic heterocycles. The molecule has 5 nitrogen and oxygen atoms in total. The normalized spacial score (nSPS) is 10.8. The molecule has 4 rings (SSSR count). The minimum atomic E-state index is 0.576. The van der Waals surface area contributed by atoms with Gasteiger partial charge in [-0.25, -0.2) is 15.0 Å². The Morgan fingerprint density at radius 3 is 2.73 bits per heavy atom. The maximum Gasteiger partial charge on any atom is 0.218 e. The molecule has 0 saturated heterocycles. The van der Waals surface area contributed by atoms with Crippen LogP contribution in [0.3, 0.4) is 0 Å². The van der Waals surface area contributed by atoms with Gasteiger partial charge in [0.1, 0.15) is 17.0 Å². The first-order chi connectivity index (χ1) is 12.8. The minimum absolute atomic E-state index is 0.576. The van der Waals surface area contributed by atoms with Gasteiger partial charge in [0, 0.05) is 29.2 Å².